The van der Waals surface area contributed by atoms with Crippen molar-refractivity contribution in [2.75, 3.05) is 13.2 Å². The van der Waals surface area contributed by atoms with Crippen LogP contribution in [0.4, 0.5) is 0 Å². The summed E-state index contributed by atoms with van der Waals surface area (Å²) in [5, 5.41) is 2.53. The van der Waals surface area contributed by atoms with E-state index in [4.69, 9.17) is 9.05 Å². The summed E-state index contributed by atoms with van der Waals surface area (Å²) in [4.78, 5) is 15.3. The van der Waals surface area contributed by atoms with Crippen molar-refractivity contribution in [3.8, 4) is 0 Å². The van der Waals surface area contributed by atoms with Crippen molar-refractivity contribution in [2.24, 2.45) is 0 Å². The van der Waals surface area contributed by atoms with Crippen LogP contribution in [0.15, 0.2) is 35.1 Å². The number of nitrogens with zero attached hydrogens (tertiary/aromatic N) is 2. The average Bonchev–Trinajstić information content (AvgIpc) is 2.82. The van der Waals surface area contributed by atoms with Crippen molar-refractivity contribution in [1.82, 2.24) is 14.8 Å². The van der Waals surface area contributed by atoms with E-state index in [-0.39, 0.29) is 18.8 Å². The standard InChI is InChI=1S/C13H18N3O4P/c1-3-19-21(18,20-4-2)13-14-12(17)15-16(13)10-11-8-6-5-7-9-11/h5-9H,3-4,10H2,1-2H3,(H,15,17). The van der Waals surface area contributed by atoms with Gasteiger partial charge in [-0.1, -0.05) is 30.3 Å². The van der Waals surface area contributed by atoms with Crippen LogP contribution in [0.3, 0.4) is 0 Å². The molecule has 7 nitrogen and oxygen atoms in total. The van der Waals surface area contributed by atoms with Crippen LogP contribution in [0.1, 0.15) is 19.4 Å². The molecule has 1 aromatic heterocycles. The second-order valence-electron chi connectivity index (χ2n) is 4.23. The number of nitrogens with one attached hydrogen (secondary N) is 1. The molecule has 0 aliphatic rings. The molecule has 0 aliphatic carbocycles. The molecule has 0 saturated carbocycles. The Hall–Kier alpha value is -1.69. The lowest BCUT2D eigenvalue weighted by molar-refractivity contribution is 0.227. The highest BCUT2D eigenvalue weighted by Crippen LogP contribution is 2.45. The molecule has 8 heteroatoms. The molecule has 0 unspecified atom stereocenters. The number of rotatable bonds is 7. The molecular weight excluding hydrogens is 293 g/mol. The molecule has 0 aliphatic heterocycles. The maximum absolute atomic E-state index is 12.8. The van der Waals surface area contributed by atoms with Crippen LogP contribution in [0.5, 0.6) is 0 Å². The van der Waals surface area contributed by atoms with E-state index < -0.39 is 13.3 Å². The molecular formula is C13H18N3O4P. The van der Waals surface area contributed by atoms with Crippen molar-refractivity contribution in [2.45, 2.75) is 20.4 Å². The lowest BCUT2D eigenvalue weighted by Crippen LogP contribution is -2.24. The van der Waals surface area contributed by atoms with Crippen LogP contribution in [0.25, 0.3) is 0 Å². The minimum atomic E-state index is -3.60. The summed E-state index contributed by atoms with van der Waals surface area (Å²) in [5.74, 6) is 0. The number of hydrogen-bond acceptors (Lipinski definition) is 5. The normalized spacial score (nSPS) is 11.7. The topological polar surface area (TPSA) is 86.2 Å². The predicted molar refractivity (Wildman–Crippen MR) is 78.9 cm³/mol. The van der Waals surface area contributed by atoms with Crippen LogP contribution >= 0.6 is 7.60 Å². The number of hydrogen-bond donors (Lipinski definition) is 1. The Morgan fingerprint density at radius 3 is 2.38 bits per heavy atom. The minimum absolute atomic E-state index is 0.0000491. The van der Waals surface area contributed by atoms with Gasteiger partial charge in [0.2, 0.25) is 5.57 Å². The van der Waals surface area contributed by atoms with E-state index >= 15 is 0 Å². The van der Waals surface area contributed by atoms with Crippen molar-refractivity contribution in [1.29, 1.82) is 0 Å². The highest BCUT2D eigenvalue weighted by atomic mass is 31.2. The van der Waals surface area contributed by atoms with Gasteiger partial charge in [-0.2, -0.15) is 4.98 Å². The number of aromatic amines is 1. The molecule has 1 heterocycles. The largest absolute Gasteiger partial charge is 0.398 e. The summed E-state index contributed by atoms with van der Waals surface area (Å²) in [7, 11) is -3.60. The fourth-order valence-electron chi connectivity index (χ4n) is 1.92. The molecule has 0 fully saturated rings. The molecule has 0 bridgehead atoms. The maximum Gasteiger partial charge on any atom is 0.398 e. The summed E-state index contributed by atoms with van der Waals surface area (Å²) < 4.78 is 24.6. The van der Waals surface area contributed by atoms with Crippen LogP contribution in [0, 0.1) is 0 Å². The fourth-order valence-corrected chi connectivity index (χ4v) is 3.53. The zero-order valence-electron chi connectivity index (χ0n) is 12.0. The van der Waals surface area contributed by atoms with Gasteiger partial charge in [0.15, 0.2) is 0 Å². The van der Waals surface area contributed by atoms with Gasteiger partial charge in [0.25, 0.3) is 0 Å². The zero-order valence-corrected chi connectivity index (χ0v) is 12.9. The number of H-pyrrole nitrogens is 1. The monoisotopic (exact) mass is 311 g/mol. The van der Waals surface area contributed by atoms with E-state index in [0.29, 0.717) is 6.54 Å². The Morgan fingerprint density at radius 2 is 1.81 bits per heavy atom. The third kappa shape index (κ3) is 3.69. The molecule has 1 aromatic carbocycles. The van der Waals surface area contributed by atoms with Gasteiger partial charge >= 0.3 is 13.3 Å². The first-order valence-electron chi connectivity index (χ1n) is 6.69. The Kier molecular flexibility index (Phi) is 5.12. The molecule has 21 heavy (non-hydrogen) atoms. The van der Waals surface area contributed by atoms with Gasteiger partial charge in [0.05, 0.1) is 19.8 Å². The molecule has 0 radical (unpaired) electrons. The van der Waals surface area contributed by atoms with Crippen molar-refractivity contribution >= 4 is 13.2 Å². The van der Waals surface area contributed by atoms with Gasteiger partial charge in [-0.05, 0) is 19.4 Å². The van der Waals surface area contributed by atoms with E-state index in [2.05, 4.69) is 10.1 Å². The van der Waals surface area contributed by atoms with Gasteiger partial charge in [-0.3, -0.25) is 9.25 Å². The molecule has 1 N–H and O–H groups in total. The highest BCUT2D eigenvalue weighted by molar-refractivity contribution is 7.61. The smallest absolute Gasteiger partial charge is 0.303 e. The molecule has 2 rings (SSSR count). The average molecular weight is 311 g/mol. The van der Waals surface area contributed by atoms with E-state index in [1.807, 2.05) is 30.3 Å². The van der Waals surface area contributed by atoms with Gasteiger partial charge in [0.1, 0.15) is 0 Å². The second kappa shape index (κ2) is 6.85. The molecule has 114 valence electrons. The van der Waals surface area contributed by atoms with Crippen LogP contribution < -0.4 is 11.3 Å². The van der Waals surface area contributed by atoms with E-state index in [1.54, 1.807) is 13.8 Å². The van der Waals surface area contributed by atoms with Gasteiger partial charge in [-0.25, -0.2) is 9.89 Å². The summed E-state index contributed by atoms with van der Waals surface area (Å²) >= 11 is 0. The molecule has 0 atom stereocenters. The molecule has 0 spiro atoms. The summed E-state index contributed by atoms with van der Waals surface area (Å²) in [6, 6.07) is 9.46. The van der Waals surface area contributed by atoms with E-state index in [0.717, 1.165) is 5.56 Å². The van der Waals surface area contributed by atoms with E-state index in [1.165, 1.54) is 4.68 Å². The predicted octanol–water partition coefficient (Wildman–Crippen LogP) is 1.51. The Morgan fingerprint density at radius 1 is 1.19 bits per heavy atom. The Labute approximate surface area is 122 Å². The van der Waals surface area contributed by atoms with Crippen molar-refractivity contribution < 1.29 is 13.6 Å². The second-order valence-corrected chi connectivity index (χ2v) is 6.14. The van der Waals surface area contributed by atoms with Crippen LogP contribution in [0.2, 0.25) is 0 Å². The summed E-state index contributed by atoms with van der Waals surface area (Å²) in [6.45, 7) is 4.14. The third-order valence-corrected chi connectivity index (χ3v) is 4.73. The summed E-state index contributed by atoms with van der Waals surface area (Å²) in [6.07, 6.45) is 0. The minimum Gasteiger partial charge on any atom is -0.303 e. The SMILES string of the molecule is CCOP(=O)(OCC)c1nc(=O)[nH]n1Cc1ccccc1. The van der Waals surface area contributed by atoms with Gasteiger partial charge < -0.3 is 9.05 Å². The van der Waals surface area contributed by atoms with Crippen LogP contribution in [-0.4, -0.2) is 28.0 Å². The van der Waals surface area contributed by atoms with Crippen molar-refractivity contribution in [3.63, 3.8) is 0 Å². The Balaban J connectivity index is 2.40. The fraction of sp³-hybridized carbons (Fsp3) is 0.385. The van der Waals surface area contributed by atoms with Gasteiger partial charge in [-0.15, -0.1) is 0 Å². The first-order valence-corrected chi connectivity index (χ1v) is 8.23. The molecule has 2 aromatic rings. The quantitative estimate of drug-likeness (QED) is 0.783. The van der Waals surface area contributed by atoms with Crippen LogP contribution in [-0.2, 0) is 20.2 Å². The summed E-state index contributed by atoms with van der Waals surface area (Å²) in [5.41, 5.74) is 0.354. The third-order valence-electron chi connectivity index (χ3n) is 2.70. The van der Waals surface area contributed by atoms with Crippen molar-refractivity contribution in [3.05, 3.63) is 46.4 Å². The molecule has 0 amide bonds. The first-order chi connectivity index (χ1) is 10.1. The molecule has 0 saturated heterocycles. The maximum atomic E-state index is 12.8. The first kappa shape index (κ1) is 15.7. The highest BCUT2D eigenvalue weighted by Gasteiger charge is 2.33. The zero-order chi connectivity index (χ0) is 15.3. The van der Waals surface area contributed by atoms with E-state index in [9.17, 15) is 9.36 Å². The number of aromatic nitrogens is 3. The number of benzene rings is 1. The lowest BCUT2D eigenvalue weighted by Gasteiger charge is -2.16. The van der Waals surface area contributed by atoms with Gasteiger partial charge in [0, 0.05) is 0 Å². The lowest BCUT2D eigenvalue weighted by atomic mass is 10.2. The Bertz CT molecular complexity index is 670.